The number of halogens is 3. The lowest BCUT2D eigenvalue weighted by atomic mass is 9.94. The van der Waals surface area contributed by atoms with Crippen molar-refractivity contribution in [1.29, 1.82) is 0 Å². The second-order valence-corrected chi connectivity index (χ2v) is 8.60. The maximum atomic E-state index is 13.0. The lowest BCUT2D eigenvalue weighted by Gasteiger charge is -2.11. The molecule has 10 heteroatoms. The van der Waals surface area contributed by atoms with E-state index in [1.807, 2.05) is 36.4 Å². The Bertz CT molecular complexity index is 1390. The highest BCUT2D eigenvalue weighted by molar-refractivity contribution is 5.85. The largest absolute Gasteiger partial charge is 0.481 e. The first kappa shape index (κ1) is 22.7. The predicted molar refractivity (Wildman–Crippen MR) is 120 cm³/mol. The number of aliphatic carboxylic acids is 1. The molecule has 0 bridgehead atoms. The number of aromatic nitrogens is 5. The van der Waals surface area contributed by atoms with Gasteiger partial charge in [-0.15, -0.1) is 0 Å². The van der Waals surface area contributed by atoms with Crippen LogP contribution in [0.25, 0.3) is 22.4 Å². The van der Waals surface area contributed by atoms with E-state index in [-0.39, 0.29) is 12.1 Å². The van der Waals surface area contributed by atoms with Crippen LogP contribution >= 0.6 is 0 Å². The number of hydrogen-bond acceptors (Lipinski definition) is 5. The molecule has 1 aromatic carbocycles. The van der Waals surface area contributed by atoms with Crippen LogP contribution in [-0.4, -0.2) is 35.8 Å². The van der Waals surface area contributed by atoms with Gasteiger partial charge in [0, 0.05) is 37.0 Å². The van der Waals surface area contributed by atoms with Crippen LogP contribution < -0.4 is 0 Å². The molecular formula is C25H20F3N5O2. The van der Waals surface area contributed by atoms with Crippen molar-refractivity contribution < 1.29 is 23.1 Å². The number of nitrogens with zero attached hydrogens (tertiary/aromatic N) is 5. The molecule has 0 spiro atoms. The minimum Gasteiger partial charge on any atom is -0.481 e. The van der Waals surface area contributed by atoms with Crippen LogP contribution in [-0.2, 0) is 29.9 Å². The minimum absolute atomic E-state index is 0.110. The molecular weight excluding hydrogens is 459 g/mol. The summed E-state index contributed by atoms with van der Waals surface area (Å²) in [4.78, 5) is 23.5. The minimum atomic E-state index is -4.57. The van der Waals surface area contributed by atoms with Gasteiger partial charge in [-0.05, 0) is 30.0 Å². The van der Waals surface area contributed by atoms with E-state index in [2.05, 4.69) is 20.1 Å². The molecule has 3 heterocycles. The van der Waals surface area contributed by atoms with E-state index in [4.69, 9.17) is 0 Å². The van der Waals surface area contributed by atoms with E-state index in [1.165, 1.54) is 6.20 Å². The van der Waals surface area contributed by atoms with Crippen molar-refractivity contribution in [1.82, 2.24) is 24.7 Å². The third kappa shape index (κ3) is 4.27. The Morgan fingerprint density at radius 1 is 1.03 bits per heavy atom. The summed E-state index contributed by atoms with van der Waals surface area (Å²) in [5.41, 5.74) is 2.92. The molecule has 0 atom stereocenters. The van der Waals surface area contributed by atoms with Crippen LogP contribution in [0.1, 0.15) is 35.5 Å². The average Bonchev–Trinajstić information content (AvgIpc) is 3.59. The van der Waals surface area contributed by atoms with Crippen molar-refractivity contribution in [3.63, 3.8) is 0 Å². The molecule has 7 nitrogen and oxygen atoms in total. The van der Waals surface area contributed by atoms with Gasteiger partial charge in [0.15, 0.2) is 5.69 Å². The summed E-state index contributed by atoms with van der Waals surface area (Å²) < 4.78 is 40.6. The number of hydrogen-bond donors (Lipinski definition) is 1. The van der Waals surface area contributed by atoms with E-state index < -0.39 is 23.3 Å². The second-order valence-electron chi connectivity index (χ2n) is 8.60. The highest BCUT2D eigenvalue weighted by Gasteiger charge is 2.51. The Balaban J connectivity index is 1.39. The van der Waals surface area contributed by atoms with Crippen LogP contribution in [0.15, 0.2) is 61.2 Å². The quantitative estimate of drug-likeness (QED) is 0.432. The summed E-state index contributed by atoms with van der Waals surface area (Å²) in [6.45, 7) is 0. The van der Waals surface area contributed by atoms with Crippen LogP contribution in [0, 0.1) is 0 Å². The molecule has 1 aliphatic rings. The monoisotopic (exact) mass is 479 g/mol. The molecule has 0 unspecified atom stereocenters. The zero-order valence-electron chi connectivity index (χ0n) is 18.6. The summed E-state index contributed by atoms with van der Waals surface area (Å²) in [6, 6.07) is 11.2. The van der Waals surface area contributed by atoms with Gasteiger partial charge < -0.3 is 5.11 Å². The molecule has 178 valence electrons. The van der Waals surface area contributed by atoms with E-state index in [9.17, 15) is 23.1 Å². The molecule has 35 heavy (non-hydrogen) atoms. The van der Waals surface area contributed by atoms with Gasteiger partial charge in [0.2, 0.25) is 0 Å². The van der Waals surface area contributed by atoms with Crippen LogP contribution in [0.5, 0.6) is 0 Å². The first-order chi connectivity index (χ1) is 16.7. The number of benzene rings is 1. The Labute approximate surface area is 198 Å². The zero-order chi connectivity index (χ0) is 24.8. The first-order valence-corrected chi connectivity index (χ1v) is 10.9. The Hall–Kier alpha value is -4.08. The second kappa shape index (κ2) is 8.30. The van der Waals surface area contributed by atoms with Gasteiger partial charge in [0.05, 0.1) is 34.9 Å². The third-order valence-corrected chi connectivity index (χ3v) is 6.35. The summed E-state index contributed by atoms with van der Waals surface area (Å²) in [7, 11) is 1.71. The lowest BCUT2D eigenvalue weighted by molar-refractivity contribution is -0.141. The highest BCUT2D eigenvalue weighted by atomic mass is 19.4. The molecule has 1 N–H and O–H groups in total. The van der Waals surface area contributed by atoms with Crippen molar-refractivity contribution in [2.45, 2.75) is 30.9 Å². The number of pyridine rings is 1. The molecule has 1 fully saturated rings. The van der Waals surface area contributed by atoms with Crippen LogP contribution in [0.3, 0.4) is 0 Å². The molecule has 0 radical (unpaired) electrons. The van der Waals surface area contributed by atoms with Gasteiger partial charge in [0.1, 0.15) is 0 Å². The van der Waals surface area contributed by atoms with Crippen molar-refractivity contribution in [2.75, 3.05) is 0 Å². The fraction of sp³-hybridized carbons (Fsp3) is 0.240. The van der Waals surface area contributed by atoms with Crippen molar-refractivity contribution in [2.24, 2.45) is 7.05 Å². The summed E-state index contributed by atoms with van der Waals surface area (Å²) >= 11 is 0. The molecule has 0 amide bonds. The van der Waals surface area contributed by atoms with Crippen LogP contribution in [0.2, 0.25) is 0 Å². The third-order valence-electron chi connectivity index (χ3n) is 6.35. The topological polar surface area (TPSA) is 93.8 Å². The number of aryl methyl sites for hydroxylation is 1. The predicted octanol–water partition coefficient (Wildman–Crippen LogP) is 4.66. The standard InChI is InChI=1S/C25H20F3N5O2/c1-33-21(10-18-12-29-14-22(32-18)25(26,27)28)19(13-31-33)20-7-4-16(11-30-20)15-2-5-17(6-3-15)24(8-9-24)23(34)35/h2-7,11-14H,8-10H2,1H3,(H,34,35). The van der Waals surface area contributed by atoms with Gasteiger partial charge in [-0.3, -0.25) is 19.4 Å². The van der Waals surface area contributed by atoms with Crippen molar-refractivity contribution in [3.05, 3.63) is 83.8 Å². The molecule has 0 aliphatic heterocycles. The van der Waals surface area contributed by atoms with Gasteiger partial charge in [-0.25, -0.2) is 4.98 Å². The smallest absolute Gasteiger partial charge is 0.434 e. The molecule has 4 aromatic rings. The van der Waals surface area contributed by atoms with Crippen LogP contribution in [0.4, 0.5) is 13.2 Å². The van der Waals surface area contributed by atoms with E-state index in [0.717, 1.165) is 16.7 Å². The van der Waals surface area contributed by atoms with Gasteiger partial charge in [0.25, 0.3) is 0 Å². The highest BCUT2D eigenvalue weighted by Crippen LogP contribution is 2.48. The Morgan fingerprint density at radius 3 is 2.34 bits per heavy atom. The fourth-order valence-electron chi connectivity index (χ4n) is 4.14. The summed E-state index contributed by atoms with van der Waals surface area (Å²) in [6.07, 6.45) is 2.17. The van der Waals surface area contributed by atoms with Gasteiger partial charge in [-0.1, -0.05) is 30.3 Å². The zero-order valence-corrected chi connectivity index (χ0v) is 18.6. The molecule has 3 aromatic heterocycles. The number of carbonyl (C=O) groups is 1. The van der Waals surface area contributed by atoms with E-state index in [0.29, 0.717) is 36.0 Å². The number of carboxylic acids is 1. The number of carboxylic acid groups (broad SMARTS) is 1. The van der Waals surface area contributed by atoms with Crippen molar-refractivity contribution in [3.8, 4) is 22.4 Å². The molecule has 0 saturated heterocycles. The maximum absolute atomic E-state index is 13.0. The molecule has 1 aliphatic carbocycles. The van der Waals surface area contributed by atoms with E-state index in [1.54, 1.807) is 24.1 Å². The number of alkyl halides is 3. The number of rotatable bonds is 6. The molecule has 5 rings (SSSR count). The first-order valence-electron chi connectivity index (χ1n) is 10.9. The van der Waals surface area contributed by atoms with Gasteiger partial charge >= 0.3 is 12.1 Å². The molecule has 1 saturated carbocycles. The SMILES string of the molecule is Cn1ncc(-c2ccc(-c3ccc(C4(C(=O)O)CC4)cc3)cn2)c1Cc1cncc(C(F)(F)F)n1. The Kier molecular flexibility index (Phi) is 5.38. The normalized spacial score (nSPS) is 14.6. The fourth-order valence-corrected chi connectivity index (χ4v) is 4.14. The lowest BCUT2D eigenvalue weighted by Crippen LogP contribution is -2.19. The average molecular weight is 479 g/mol. The van der Waals surface area contributed by atoms with Gasteiger partial charge in [-0.2, -0.15) is 18.3 Å². The summed E-state index contributed by atoms with van der Waals surface area (Å²) in [5.74, 6) is -0.792. The Morgan fingerprint density at radius 2 is 1.74 bits per heavy atom. The van der Waals surface area contributed by atoms with Crippen molar-refractivity contribution >= 4 is 5.97 Å². The summed E-state index contributed by atoms with van der Waals surface area (Å²) in [5, 5.41) is 13.7. The maximum Gasteiger partial charge on any atom is 0.434 e. The van der Waals surface area contributed by atoms with E-state index >= 15 is 0 Å².